The molecule has 0 saturated carbocycles. The summed E-state index contributed by atoms with van der Waals surface area (Å²) in [4.78, 5) is 16.9. The van der Waals surface area contributed by atoms with E-state index in [1.807, 2.05) is 36.7 Å². The van der Waals surface area contributed by atoms with Gasteiger partial charge in [-0.25, -0.2) is 8.42 Å². The van der Waals surface area contributed by atoms with Crippen molar-refractivity contribution >= 4 is 48.9 Å². The number of aryl methyl sites for hydroxylation is 2. The molecule has 8 heteroatoms. The topological polar surface area (TPSA) is 68.5 Å². The van der Waals surface area contributed by atoms with Gasteiger partial charge in [0.1, 0.15) is 0 Å². The maximum Gasteiger partial charge on any atom is 0.249 e. The summed E-state index contributed by atoms with van der Waals surface area (Å²) >= 11 is 7.45. The van der Waals surface area contributed by atoms with Crippen LogP contribution >= 0.6 is 22.9 Å². The number of fused-ring (bicyclic) bond motifs is 1. The van der Waals surface area contributed by atoms with Gasteiger partial charge in [-0.1, -0.05) is 53.3 Å². The predicted molar refractivity (Wildman–Crippen MR) is 110 cm³/mol. The van der Waals surface area contributed by atoms with Crippen LogP contribution in [-0.2, 0) is 27.4 Å². The second-order valence-corrected chi connectivity index (χ2v) is 9.98. The van der Waals surface area contributed by atoms with E-state index in [0.29, 0.717) is 15.4 Å². The first-order valence-corrected chi connectivity index (χ1v) is 11.3. The van der Waals surface area contributed by atoms with Crippen LogP contribution in [0.25, 0.3) is 10.2 Å². The zero-order valence-electron chi connectivity index (χ0n) is 15.0. The highest BCUT2D eigenvalue weighted by atomic mass is 35.5. The zero-order chi connectivity index (χ0) is 19.6. The van der Waals surface area contributed by atoms with E-state index in [1.165, 1.54) is 11.3 Å². The Bertz CT molecular complexity index is 1160. The van der Waals surface area contributed by atoms with E-state index in [2.05, 4.69) is 4.99 Å². The van der Waals surface area contributed by atoms with Crippen molar-refractivity contribution in [2.45, 2.75) is 19.1 Å². The summed E-state index contributed by atoms with van der Waals surface area (Å²) in [6.07, 6.45) is -0.136. The number of carbonyl (C=O) groups excluding carboxylic acids is 1. The third-order valence-corrected chi connectivity index (χ3v) is 7.03. The number of nitrogens with zero attached hydrogens (tertiary/aromatic N) is 2. The van der Waals surface area contributed by atoms with E-state index in [0.717, 1.165) is 15.8 Å². The molecule has 0 saturated heterocycles. The lowest BCUT2D eigenvalue weighted by Gasteiger charge is -2.03. The SMILES string of the molecule is Cc1cc(Cl)cc2sc(=NC(=O)CCS(=O)(=O)Cc3ccccc3)n(C)c12. The Hall–Kier alpha value is -1.96. The Labute approximate surface area is 166 Å². The lowest BCUT2D eigenvalue weighted by Crippen LogP contribution is -2.16. The van der Waals surface area contributed by atoms with Crippen molar-refractivity contribution < 1.29 is 13.2 Å². The average molecular weight is 423 g/mol. The number of benzene rings is 2. The third-order valence-electron chi connectivity index (χ3n) is 4.13. The van der Waals surface area contributed by atoms with Crippen LogP contribution in [0, 0.1) is 6.92 Å². The number of hydrogen-bond donors (Lipinski definition) is 0. The summed E-state index contributed by atoms with van der Waals surface area (Å²) < 4.78 is 27.2. The molecule has 142 valence electrons. The molecule has 0 radical (unpaired) electrons. The van der Waals surface area contributed by atoms with Gasteiger partial charge in [0.15, 0.2) is 14.6 Å². The van der Waals surface area contributed by atoms with Crippen LogP contribution in [0.2, 0.25) is 5.02 Å². The first kappa shape index (κ1) is 19.8. The maximum atomic E-state index is 12.2. The number of rotatable bonds is 5. The Morgan fingerprint density at radius 1 is 1.22 bits per heavy atom. The van der Waals surface area contributed by atoms with Gasteiger partial charge < -0.3 is 4.57 Å². The minimum atomic E-state index is -3.37. The average Bonchev–Trinajstić information content (AvgIpc) is 2.89. The molecule has 1 amide bonds. The van der Waals surface area contributed by atoms with Crippen LogP contribution in [0.5, 0.6) is 0 Å². The van der Waals surface area contributed by atoms with Crippen LogP contribution in [0.1, 0.15) is 17.5 Å². The number of thiazole rings is 1. The van der Waals surface area contributed by atoms with Crippen molar-refractivity contribution in [2.24, 2.45) is 12.0 Å². The van der Waals surface area contributed by atoms with Gasteiger partial charge in [0, 0.05) is 18.5 Å². The summed E-state index contributed by atoms with van der Waals surface area (Å²) in [5, 5.41) is 0.631. The Morgan fingerprint density at radius 3 is 2.63 bits per heavy atom. The fourth-order valence-corrected chi connectivity index (χ4v) is 5.70. The van der Waals surface area contributed by atoms with Crippen LogP contribution in [0.4, 0.5) is 0 Å². The Balaban J connectivity index is 1.76. The first-order valence-electron chi connectivity index (χ1n) is 8.33. The molecule has 0 aliphatic carbocycles. The van der Waals surface area contributed by atoms with E-state index in [1.54, 1.807) is 24.3 Å². The molecule has 5 nitrogen and oxygen atoms in total. The summed E-state index contributed by atoms with van der Waals surface area (Å²) in [5.74, 6) is -0.739. The van der Waals surface area contributed by atoms with Gasteiger partial charge in [0.05, 0.1) is 21.7 Å². The molecule has 0 spiro atoms. The summed E-state index contributed by atoms with van der Waals surface area (Å²) in [6.45, 7) is 1.95. The molecule has 0 N–H and O–H groups in total. The van der Waals surface area contributed by atoms with Crippen molar-refractivity contribution in [3.05, 3.63) is 63.4 Å². The monoisotopic (exact) mass is 422 g/mol. The number of aromatic nitrogens is 1. The molecule has 0 fully saturated rings. The molecule has 3 rings (SSSR count). The van der Waals surface area contributed by atoms with Crippen LogP contribution in [-0.4, -0.2) is 24.6 Å². The quantitative estimate of drug-likeness (QED) is 0.630. The Kier molecular flexibility index (Phi) is 5.83. The van der Waals surface area contributed by atoms with E-state index < -0.39 is 15.7 Å². The maximum absolute atomic E-state index is 12.2. The molecule has 0 aliphatic heterocycles. The smallest absolute Gasteiger partial charge is 0.249 e. The van der Waals surface area contributed by atoms with Gasteiger partial charge in [-0.3, -0.25) is 4.79 Å². The van der Waals surface area contributed by atoms with E-state index in [4.69, 9.17) is 11.6 Å². The highest BCUT2D eigenvalue weighted by molar-refractivity contribution is 7.90. The molecule has 1 aromatic heterocycles. The van der Waals surface area contributed by atoms with Crippen molar-refractivity contribution in [3.8, 4) is 0 Å². The molecule has 0 atom stereocenters. The summed E-state index contributed by atoms with van der Waals surface area (Å²) in [6, 6.07) is 12.6. The minimum absolute atomic E-state index is 0.0739. The van der Waals surface area contributed by atoms with Crippen molar-refractivity contribution in [1.29, 1.82) is 0 Å². The fourth-order valence-electron chi connectivity index (χ4n) is 2.88. The zero-order valence-corrected chi connectivity index (χ0v) is 17.4. The summed E-state index contributed by atoms with van der Waals surface area (Å²) in [5.41, 5.74) is 2.67. The normalized spacial score (nSPS) is 12.6. The largest absolute Gasteiger partial charge is 0.319 e. The third kappa shape index (κ3) is 4.86. The minimum Gasteiger partial charge on any atom is -0.319 e. The number of halogens is 1. The summed E-state index contributed by atoms with van der Waals surface area (Å²) in [7, 11) is -1.54. The van der Waals surface area contributed by atoms with Crippen LogP contribution < -0.4 is 4.80 Å². The molecular weight excluding hydrogens is 404 g/mol. The molecule has 0 unspecified atom stereocenters. The van der Waals surface area contributed by atoms with Crippen LogP contribution in [0.15, 0.2) is 47.5 Å². The van der Waals surface area contributed by atoms with Gasteiger partial charge in [0.2, 0.25) is 5.91 Å². The van der Waals surface area contributed by atoms with Gasteiger partial charge in [0.25, 0.3) is 0 Å². The molecule has 3 aromatic rings. The first-order chi connectivity index (χ1) is 12.7. The number of carbonyl (C=O) groups is 1. The molecule has 0 aliphatic rings. The van der Waals surface area contributed by atoms with E-state index in [-0.39, 0.29) is 17.9 Å². The van der Waals surface area contributed by atoms with Gasteiger partial charge in [-0.2, -0.15) is 4.99 Å². The van der Waals surface area contributed by atoms with Gasteiger partial charge in [-0.05, 0) is 30.2 Å². The lowest BCUT2D eigenvalue weighted by molar-refractivity contribution is -0.117. The second kappa shape index (κ2) is 7.96. The standard InChI is InChI=1S/C19H19ClN2O3S2/c1-13-10-15(20)11-16-18(13)22(2)19(26-16)21-17(23)8-9-27(24,25)12-14-6-4-3-5-7-14/h3-7,10-11H,8-9,12H2,1-2H3. The van der Waals surface area contributed by atoms with Gasteiger partial charge >= 0.3 is 0 Å². The predicted octanol–water partition coefficient (Wildman–Crippen LogP) is 3.63. The van der Waals surface area contributed by atoms with Crippen LogP contribution in [0.3, 0.4) is 0 Å². The fraction of sp³-hybridized carbons (Fsp3) is 0.263. The highest BCUT2D eigenvalue weighted by Gasteiger charge is 2.15. The van der Waals surface area contributed by atoms with Crippen molar-refractivity contribution in [3.63, 3.8) is 0 Å². The molecular formula is C19H19ClN2O3S2. The molecule has 2 aromatic carbocycles. The van der Waals surface area contributed by atoms with E-state index in [9.17, 15) is 13.2 Å². The highest BCUT2D eigenvalue weighted by Crippen LogP contribution is 2.25. The molecule has 0 bridgehead atoms. The lowest BCUT2D eigenvalue weighted by atomic mass is 10.2. The molecule has 1 heterocycles. The number of sulfone groups is 1. The number of amides is 1. The van der Waals surface area contributed by atoms with E-state index >= 15 is 0 Å². The van der Waals surface area contributed by atoms with Gasteiger partial charge in [-0.15, -0.1) is 0 Å². The molecule has 27 heavy (non-hydrogen) atoms. The number of hydrogen-bond acceptors (Lipinski definition) is 4. The second-order valence-electron chi connectivity index (χ2n) is 6.35. The van der Waals surface area contributed by atoms with Crippen molar-refractivity contribution in [2.75, 3.05) is 5.75 Å². The Morgan fingerprint density at radius 2 is 1.93 bits per heavy atom. The van der Waals surface area contributed by atoms with Crippen molar-refractivity contribution in [1.82, 2.24) is 4.57 Å².